The molecule has 180 valence electrons. The minimum atomic E-state index is -0.499. The van der Waals surface area contributed by atoms with Gasteiger partial charge in [-0.25, -0.2) is 5.01 Å². The van der Waals surface area contributed by atoms with Gasteiger partial charge in [-0.3, -0.25) is 25.0 Å². The number of nitro benzene ring substituents is 2. The molecular formula is C27H22N4O5. The molecule has 2 unspecified atom stereocenters. The van der Waals surface area contributed by atoms with E-state index in [1.165, 1.54) is 29.3 Å². The lowest BCUT2D eigenvalue weighted by Gasteiger charge is -2.29. The number of nitro groups is 2. The summed E-state index contributed by atoms with van der Waals surface area (Å²) in [5, 5.41) is 28.9. The lowest BCUT2D eigenvalue weighted by Crippen LogP contribution is -2.32. The second kappa shape index (κ2) is 9.53. The third kappa shape index (κ3) is 4.38. The van der Waals surface area contributed by atoms with Crippen LogP contribution in [0.4, 0.5) is 11.4 Å². The monoisotopic (exact) mass is 482 g/mol. The number of benzene rings is 3. The summed E-state index contributed by atoms with van der Waals surface area (Å²) < 4.78 is 0. The van der Waals surface area contributed by atoms with Gasteiger partial charge in [-0.15, -0.1) is 0 Å². The first kappa shape index (κ1) is 23.1. The van der Waals surface area contributed by atoms with E-state index in [4.69, 9.17) is 5.10 Å². The van der Waals surface area contributed by atoms with Crippen LogP contribution < -0.4 is 0 Å². The summed E-state index contributed by atoms with van der Waals surface area (Å²) in [7, 11) is 0. The molecule has 2 atom stereocenters. The summed E-state index contributed by atoms with van der Waals surface area (Å²) in [6.07, 6.45) is 4.20. The summed E-state index contributed by atoms with van der Waals surface area (Å²) in [5.74, 6) is -0.443. The summed E-state index contributed by atoms with van der Waals surface area (Å²) in [4.78, 5) is 35.4. The van der Waals surface area contributed by atoms with Crippen LogP contribution in [-0.2, 0) is 0 Å². The van der Waals surface area contributed by atoms with Crippen LogP contribution in [0.1, 0.15) is 46.8 Å². The number of allylic oxidation sites excluding steroid dienone is 1. The fourth-order valence-electron chi connectivity index (χ4n) is 4.97. The van der Waals surface area contributed by atoms with Crippen LogP contribution in [-0.4, -0.2) is 26.5 Å². The number of hydrogen-bond acceptors (Lipinski definition) is 6. The molecule has 9 heteroatoms. The molecule has 1 fully saturated rings. The molecule has 0 bridgehead atoms. The van der Waals surface area contributed by atoms with Crippen LogP contribution in [0.2, 0.25) is 0 Å². The van der Waals surface area contributed by atoms with Crippen molar-refractivity contribution in [3.63, 3.8) is 0 Å². The van der Waals surface area contributed by atoms with Crippen molar-refractivity contribution < 1.29 is 14.6 Å². The van der Waals surface area contributed by atoms with Crippen molar-refractivity contribution in [3.05, 3.63) is 121 Å². The lowest BCUT2D eigenvalue weighted by molar-refractivity contribution is -0.385. The summed E-state index contributed by atoms with van der Waals surface area (Å²) >= 11 is 0. The topological polar surface area (TPSA) is 119 Å². The van der Waals surface area contributed by atoms with Gasteiger partial charge in [-0.1, -0.05) is 42.5 Å². The molecule has 1 heterocycles. The van der Waals surface area contributed by atoms with Crippen molar-refractivity contribution in [3.8, 4) is 0 Å². The fourth-order valence-corrected chi connectivity index (χ4v) is 4.97. The number of carbonyl (C=O) groups is 1. The smallest absolute Gasteiger partial charge is 0.267 e. The Kier molecular flexibility index (Phi) is 6.12. The molecule has 0 aromatic heterocycles. The van der Waals surface area contributed by atoms with Crippen LogP contribution in [0, 0.1) is 26.1 Å². The van der Waals surface area contributed by atoms with Gasteiger partial charge in [0, 0.05) is 35.7 Å². The van der Waals surface area contributed by atoms with Gasteiger partial charge in [0.1, 0.15) is 0 Å². The molecule has 0 saturated heterocycles. The van der Waals surface area contributed by atoms with Crippen LogP contribution in [0.5, 0.6) is 0 Å². The van der Waals surface area contributed by atoms with Gasteiger partial charge in [-0.2, -0.15) is 5.10 Å². The molecule has 36 heavy (non-hydrogen) atoms. The summed E-state index contributed by atoms with van der Waals surface area (Å²) in [5.41, 5.74) is 3.41. The minimum absolute atomic E-state index is 0.000392. The Labute approximate surface area is 206 Å². The van der Waals surface area contributed by atoms with Crippen LogP contribution >= 0.6 is 0 Å². The van der Waals surface area contributed by atoms with Crippen molar-refractivity contribution >= 4 is 29.1 Å². The van der Waals surface area contributed by atoms with E-state index < -0.39 is 15.9 Å². The fraction of sp³-hybridized carbons (Fsp3) is 0.185. The van der Waals surface area contributed by atoms with Crippen molar-refractivity contribution in [2.45, 2.75) is 25.3 Å². The standard InChI is InChI=1S/C27H22N4O5/c32-27(19-8-2-1-3-9-19)29-26(21-11-5-13-23(17-21)31(35)36)24-14-6-10-20(25(24)28-29)15-18-7-4-12-22(16-18)30(33)34/h1-5,7-9,11-13,15-17,24,26H,6,10,14H2. The van der Waals surface area contributed by atoms with Crippen molar-refractivity contribution in [1.29, 1.82) is 0 Å². The molecule has 0 spiro atoms. The van der Waals surface area contributed by atoms with Gasteiger partial charge in [-0.05, 0) is 54.2 Å². The molecule has 1 amide bonds. The normalized spacial score (nSPS) is 20.1. The number of amides is 1. The second-order valence-corrected chi connectivity index (χ2v) is 8.82. The Morgan fingerprint density at radius 2 is 1.61 bits per heavy atom. The molecule has 1 aliphatic heterocycles. The average molecular weight is 482 g/mol. The van der Waals surface area contributed by atoms with E-state index in [0.717, 1.165) is 24.1 Å². The molecule has 1 aliphatic carbocycles. The Hall–Kier alpha value is -4.66. The average Bonchev–Trinajstić information content (AvgIpc) is 3.29. The minimum Gasteiger partial charge on any atom is -0.267 e. The van der Waals surface area contributed by atoms with Gasteiger partial charge in [0.2, 0.25) is 0 Å². The zero-order valence-corrected chi connectivity index (χ0v) is 19.2. The van der Waals surface area contributed by atoms with Gasteiger partial charge < -0.3 is 0 Å². The maximum atomic E-state index is 13.6. The number of hydrogen-bond donors (Lipinski definition) is 0. The Bertz CT molecular complexity index is 1420. The third-order valence-corrected chi connectivity index (χ3v) is 6.57. The van der Waals surface area contributed by atoms with E-state index in [2.05, 4.69) is 0 Å². The largest absolute Gasteiger partial charge is 0.274 e. The number of hydrazone groups is 1. The van der Waals surface area contributed by atoms with Crippen molar-refractivity contribution in [2.75, 3.05) is 0 Å². The number of nitrogens with zero attached hydrogens (tertiary/aromatic N) is 4. The molecule has 0 radical (unpaired) electrons. The Morgan fingerprint density at radius 1 is 0.917 bits per heavy atom. The molecule has 5 rings (SSSR count). The second-order valence-electron chi connectivity index (χ2n) is 8.82. The first-order valence-electron chi connectivity index (χ1n) is 11.6. The van der Waals surface area contributed by atoms with Crippen LogP contribution in [0.25, 0.3) is 6.08 Å². The van der Waals surface area contributed by atoms with Crippen molar-refractivity contribution in [1.82, 2.24) is 5.01 Å². The van der Waals surface area contributed by atoms with E-state index in [9.17, 15) is 25.0 Å². The lowest BCUT2D eigenvalue weighted by atomic mass is 9.77. The molecule has 3 aromatic rings. The highest BCUT2D eigenvalue weighted by Crippen LogP contribution is 2.45. The Balaban J connectivity index is 1.59. The third-order valence-electron chi connectivity index (χ3n) is 6.57. The predicted octanol–water partition coefficient (Wildman–Crippen LogP) is 5.94. The van der Waals surface area contributed by atoms with E-state index in [-0.39, 0.29) is 23.2 Å². The molecule has 1 saturated carbocycles. The molecular weight excluding hydrogens is 460 g/mol. The SMILES string of the molecule is O=C(c1ccccc1)N1N=C2C(=Cc3cccc([N+](=O)[O-])c3)CCCC2C1c1cccc([N+](=O)[O-])c1. The first-order valence-corrected chi connectivity index (χ1v) is 11.6. The van der Waals surface area contributed by atoms with Gasteiger partial charge in [0.15, 0.2) is 0 Å². The highest BCUT2D eigenvalue weighted by molar-refractivity contribution is 6.09. The van der Waals surface area contributed by atoms with E-state index in [1.807, 2.05) is 12.1 Å². The number of carbonyl (C=O) groups excluding carboxylic acids is 1. The summed E-state index contributed by atoms with van der Waals surface area (Å²) in [6, 6.07) is 21.1. The Morgan fingerprint density at radius 3 is 2.33 bits per heavy atom. The molecule has 2 aliphatic rings. The number of fused-ring (bicyclic) bond motifs is 1. The molecule has 3 aromatic carbocycles. The first-order chi connectivity index (χ1) is 17.4. The quantitative estimate of drug-likeness (QED) is 0.329. The molecule has 0 N–H and O–H groups in total. The van der Waals surface area contributed by atoms with Crippen LogP contribution in [0.15, 0.2) is 89.5 Å². The zero-order valence-electron chi connectivity index (χ0n) is 19.2. The highest BCUT2D eigenvalue weighted by Gasteiger charge is 2.44. The predicted molar refractivity (Wildman–Crippen MR) is 134 cm³/mol. The number of rotatable bonds is 5. The van der Waals surface area contributed by atoms with E-state index >= 15 is 0 Å². The van der Waals surface area contributed by atoms with Crippen LogP contribution in [0.3, 0.4) is 0 Å². The number of non-ortho nitro benzene ring substituents is 2. The van der Waals surface area contributed by atoms with Crippen molar-refractivity contribution in [2.24, 2.45) is 11.0 Å². The highest BCUT2D eigenvalue weighted by atomic mass is 16.6. The van der Waals surface area contributed by atoms with E-state index in [1.54, 1.807) is 48.5 Å². The zero-order chi connectivity index (χ0) is 25.2. The van der Waals surface area contributed by atoms with Gasteiger partial charge in [0.05, 0.1) is 21.6 Å². The molecule has 9 nitrogen and oxygen atoms in total. The maximum absolute atomic E-state index is 13.6. The van der Waals surface area contributed by atoms with E-state index in [0.29, 0.717) is 23.1 Å². The maximum Gasteiger partial charge on any atom is 0.274 e. The van der Waals surface area contributed by atoms with Gasteiger partial charge >= 0.3 is 0 Å². The summed E-state index contributed by atoms with van der Waals surface area (Å²) in [6.45, 7) is 0. The van der Waals surface area contributed by atoms with Gasteiger partial charge in [0.25, 0.3) is 17.3 Å².